The highest BCUT2D eigenvalue weighted by Crippen LogP contribution is 2.39. The van der Waals surface area contributed by atoms with Crippen LogP contribution in [0.25, 0.3) is 0 Å². The van der Waals surface area contributed by atoms with E-state index in [0.29, 0.717) is 5.76 Å². The van der Waals surface area contributed by atoms with Crippen LogP contribution in [0.4, 0.5) is 10.8 Å². The topological polar surface area (TPSA) is 67.2 Å². The zero-order chi connectivity index (χ0) is 20.2. The Labute approximate surface area is 177 Å². The minimum Gasteiger partial charge on any atom is -0.459 e. The van der Waals surface area contributed by atoms with Crippen molar-refractivity contribution in [2.75, 3.05) is 10.6 Å². The molecule has 4 aromatic heterocycles. The van der Waals surface area contributed by atoms with Crippen LogP contribution in [-0.2, 0) is 6.42 Å². The molecule has 0 aliphatic heterocycles. The number of aromatic nitrogens is 1. The number of aryl methyl sites for hydroxylation is 2. The van der Waals surface area contributed by atoms with Crippen molar-refractivity contribution < 1.29 is 9.21 Å². The van der Waals surface area contributed by atoms with E-state index in [4.69, 9.17) is 4.42 Å². The maximum absolute atomic E-state index is 12.6. The lowest BCUT2D eigenvalue weighted by molar-refractivity contribution is 0.0997. The quantitative estimate of drug-likeness (QED) is 0.376. The molecule has 1 unspecified atom stereocenters. The third kappa shape index (κ3) is 4.41. The molecule has 0 radical (unpaired) electrons. The van der Waals surface area contributed by atoms with E-state index in [9.17, 15) is 4.79 Å². The monoisotopic (exact) mass is 423 g/mol. The second-order valence-corrected chi connectivity index (χ2v) is 8.66. The van der Waals surface area contributed by atoms with Gasteiger partial charge in [0, 0.05) is 21.0 Å². The molecule has 1 atom stereocenters. The van der Waals surface area contributed by atoms with E-state index >= 15 is 0 Å². The van der Waals surface area contributed by atoms with Gasteiger partial charge in [-0.25, -0.2) is 4.98 Å². The zero-order valence-electron chi connectivity index (χ0n) is 16.1. The molecule has 0 fully saturated rings. The zero-order valence-corrected chi connectivity index (χ0v) is 17.8. The molecule has 0 aliphatic carbocycles. The summed E-state index contributed by atoms with van der Waals surface area (Å²) < 4.78 is 5.25. The first kappa shape index (κ1) is 19.4. The molecule has 0 saturated heterocycles. The molecule has 7 heteroatoms. The molecule has 0 saturated carbocycles. The molecule has 1 amide bonds. The SMILES string of the molecule is CCc1cc(C(Nc2cccc(C)n2)c2cccs2)c(NC(=O)c2ccco2)s1. The molecule has 2 N–H and O–H groups in total. The van der Waals surface area contributed by atoms with Crippen LogP contribution in [0.3, 0.4) is 0 Å². The summed E-state index contributed by atoms with van der Waals surface area (Å²) >= 11 is 3.27. The van der Waals surface area contributed by atoms with E-state index in [0.717, 1.165) is 33.4 Å². The maximum atomic E-state index is 12.6. The molecule has 4 heterocycles. The first-order valence-electron chi connectivity index (χ1n) is 9.35. The lowest BCUT2D eigenvalue weighted by Gasteiger charge is -2.19. The van der Waals surface area contributed by atoms with Crippen molar-refractivity contribution in [1.82, 2.24) is 4.98 Å². The lowest BCUT2D eigenvalue weighted by atomic mass is 10.1. The molecule has 29 heavy (non-hydrogen) atoms. The molecule has 0 spiro atoms. The molecule has 148 valence electrons. The first-order valence-corrected chi connectivity index (χ1v) is 11.0. The highest BCUT2D eigenvalue weighted by molar-refractivity contribution is 7.16. The first-order chi connectivity index (χ1) is 14.1. The Hall–Kier alpha value is -2.90. The summed E-state index contributed by atoms with van der Waals surface area (Å²) in [6.07, 6.45) is 2.40. The van der Waals surface area contributed by atoms with Crippen molar-refractivity contribution in [2.45, 2.75) is 26.3 Å². The fraction of sp³-hybridized carbons (Fsp3) is 0.182. The molecule has 0 aromatic carbocycles. The Bertz CT molecular complexity index is 1090. The predicted molar refractivity (Wildman–Crippen MR) is 119 cm³/mol. The number of pyridine rings is 1. The number of hydrogen-bond acceptors (Lipinski definition) is 6. The molecule has 0 bridgehead atoms. The van der Waals surface area contributed by atoms with Gasteiger partial charge in [0.15, 0.2) is 5.76 Å². The number of nitrogens with one attached hydrogen (secondary N) is 2. The van der Waals surface area contributed by atoms with Gasteiger partial charge in [0.1, 0.15) is 10.8 Å². The number of thiophene rings is 2. The molecular formula is C22H21N3O2S2. The van der Waals surface area contributed by atoms with Crippen molar-refractivity contribution in [1.29, 1.82) is 0 Å². The number of carbonyl (C=O) groups excluding carboxylic acids is 1. The van der Waals surface area contributed by atoms with Gasteiger partial charge in [0.2, 0.25) is 0 Å². The van der Waals surface area contributed by atoms with Gasteiger partial charge in [-0.15, -0.1) is 22.7 Å². The van der Waals surface area contributed by atoms with Gasteiger partial charge in [-0.1, -0.05) is 19.1 Å². The number of nitrogens with zero attached hydrogens (tertiary/aromatic N) is 1. The summed E-state index contributed by atoms with van der Waals surface area (Å²) in [6, 6.07) is 15.5. The highest BCUT2D eigenvalue weighted by atomic mass is 32.1. The van der Waals surface area contributed by atoms with Gasteiger partial charge >= 0.3 is 0 Å². The molecular weight excluding hydrogens is 402 g/mol. The number of rotatable bonds is 7. The second-order valence-electron chi connectivity index (χ2n) is 6.54. The summed E-state index contributed by atoms with van der Waals surface area (Å²) in [5.74, 6) is 0.846. The van der Waals surface area contributed by atoms with Crippen LogP contribution < -0.4 is 10.6 Å². The van der Waals surface area contributed by atoms with Crippen LogP contribution in [0.1, 0.15) is 44.5 Å². The Kier molecular flexibility index (Phi) is 5.78. The summed E-state index contributed by atoms with van der Waals surface area (Å²) in [6.45, 7) is 4.09. The van der Waals surface area contributed by atoms with Crippen LogP contribution in [0.15, 0.2) is 64.6 Å². The molecule has 0 aliphatic rings. The number of furan rings is 1. The minimum atomic E-state index is -0.251. The van der Waals surface area contributed by atoms with Gasteiger partial charge in [-0.05, 0) is 55.1 Å². The summed E-state index contributed by atoms with van der Waals surface area (Å²) in [5.41, 5.74) is 1.98. The third-order valence-electron chi connectivity index (χ3n) is 4.45. The molecule has 5 nitrogen and oxygen atoms in total. The summed E-state index contributed by atoms with van der Waals surface area (Å²) in [4.78, 5) is 19.6. The summed E-state index contributed by atoms with van der Waals surface area (Å²) in [7, 11) is 0. The van der Waals surface area contributed by atoms with E-state index in [-0.39, 0.29) is 11.9 Å². The Morgan fingerprint density at radius 2 is 2.10 bits per heavy atom. The fourth-order valence-electron chi connectivity index (χ4n) is 3.05. The maximum Gasteiger partial charge on any atom is 0.291 e. The lowest BCUT2D eigenvalue weighted by Crippen LogP contribution is -2.16. The number of carbonyl (C=O) groups is 1. The van der Waals surface area contributed by atoms with Gasteiger partial charge in [0.25, 0.3) is 5.91 Å². The number of hydrogen-bond donors (Lipinski definition) is 2. The average Bonchev–Trinajstić information content (AvgIpc) is 3.47. The third-order valence-corrected chi connectivity index (χ3v) is 6.60. The van der Waals surface area contributed by atoms with Crippen molar-refractivity contribution >= 4 is 39.4 Å². The van der Waals surface area contributed by atoms with Crippen molar-refractivity contribution in [3.63, 3.8) is 0 Å². The van der Waals surface area contributed by atoms with Gasteiger partial charge < -0.3 is 15.1 Å². The summed E-state index contributed by atoms with van der Waals surface area (Å²) in [5, 5.41) is 9.47. The minimum absolute atomic E-state index is 0.118. The van der Waals surface area contributed by atoms with Crippen molar-refractivity contribution in [3.8, 4) is 0 Å². The smallest absolute Gasteiger partial charge is 0.291 e. The Morgan fingerprint density at radius 3 is 2.79 bits per heavy atom. The van der Waals surface area contributed by atoms with Crippen LogP contribution in [-0.4, -0.2) is 10.9 Å². The van der Waals surface area contributed by atoms with Crippen LogP contribution >= 0.6 is 22.7 Å². The Balaban J connectivity index is 1.71. The second kappa shape index (κ2) is 8.63. The normalized spacial score (nSPS) is 11.9. The van der Waals surface area contributed by atoms with E-state index < -0.39 is 0 Å². The molecule has 4 rings (SSSR count). The van der Waals surface area contributed by atoms with E-state index in [2.05, 4.69) is 40.1 Å². The average molecular weight is 424 g/mol. The largest absolute Gasteiger partial charge is 0.459 e. The highest BCUT2D eigenvalue weighted by Gasteiger charge is 2.24. The van der Waals surface area contributed by atoms with Gasteiger partial charge in [-0.3, -0.25) is 4.79 Å². The van der Waals surface area contributed by atoms with E-state index in [1.165, 1.54) is 11.1 Å². The van der Waals surface area contributed by atoms with Gasteiger partial charge in [-0.2, -0.15) is 0 Å². The van der Waals surface area contributed by atoms with Crippen LogP contribution in [0.5, 0.6) is 0 Å². The van der Waals surface area contributed by atoms with E-state index in [1.54, 1.807) is 34.8 Å². The Morgan fingerprint density at radius 1 is 1.21 bits per heavy atom. The fourth-order valence-corrected chi connectivity index (χ4v) is 4.87. The van der Waals surface area contributed by atoms with Crippen molar-refractivity contribution in [2.24, 2.45) is 0 Å². The number of amides is 1. The van der Waals surface area contributed by atoms with Gasteiger partial charge in [0.05, 0.1) is 12.3 Å². The predicted octanol–water partition coefficient (Wildman–Crippen LogP) is 6.12. The van der Waals surface area contributed by atoms with Crippen LogP contribution in [0.2, 0.25) is 0 Å². The molecule has 4 aromatic rings. The van der Waals surface area contributed by atoms with Crippen LogP contribution in [0, 0.1) is 6.92 Å². The van der Waals surface area contributed by atoms with E-state index in [1.807, 2.05) is 31.2 Å². The number of anilines is 2. The standard InChI is InChI=1S/C22H21N3O2S2/c1-3-15-13-16(22(29-15)25-21(26)17-8-5-11-27-17)20(18-9-6-12-28-18)24-19-10-4-7-14(2)23-19/h4-13,20H,3H2,1-2H3,(H,23,24)(H,25,26). The van der Waals surface area contributed by atoms with Crippen molar-refractivity contribution in [3.05, 3.63) is 86.9 Å².